The van der Waals surface area contributed by atoms with Crippen molar-refractivity contribution in [2.75, 3.05) is 6.54 Å². The van der Waals surface area contributed by atoms with Crippen LogP contribution in [-0.2, 0) is 6.54 Å². The largest absolute Gasteiger partial charge is 0.487 e. The van der Waals surface area contributed by atoms with Crippen LogP contribution in [0.4, 0.5) is 0 Å². The predicted octanol–water partition coefficient (Wildman–Crippen LogP) is 2.15. The van der Waals surface area contributed by atoms with Gasteiger partial charge < -0.3 is 15.2 Å². The van der Waals surface area contributed by atoms with Crippen molar-refractivity contribution in [3.8, 4) is 5.75 Å². The summed E-state index contributed by atoms with van der Waals surface area (Å²) < 4.78 is 8.00. The van der Waals surface area contributed by atoms with E-state index in [-0.39, 0.29) is 12.1 Å². The molecule has 1 aromatic carbocycles. The van der Waals surface area contributed by atoms with Crippen molar-refractivity contribution in [3.05, 3.63) is 41.5 Å². The van der Waals surface area contributed by atoms with Gasteiger partial charge in [0.25, 0.3) is 0 Å². The van der Waals surface area contributed by atoms with E-state index in [1.54, 1.807) is 0 Å². The van der Waals surface area contributed by atoms with Crippen molar-refractivity contribution in [1.82, 2.24) is 20.1 Å². The Hall–Kier alpha value is -1.92. The number of hydrogen-bond donors (Lipinski definition) is 2. The Morgan fingerprint density at radius 3 is 2.76 bits per heavy atom. The number of rotatable bonds is 6. The van der Waals surface area contributed by atoms with Gasteiger partial charge in [0.15, 0.2) is 0 Å². The molecule has 0 saturated heterocycles. The molecule has 0 radical (unpaired) electrons. The van der Waals surface area contributed by atoms with E-state index in [2.05, 4.69) is 15.4 Å². The van der Waals surface area contributed by atoms with Crippen LogP contribution < -0.4 is 10.1 Å². The minimum atomic E-state index is -0.507. The van der Waals surface area contributed by atoms with Crippen LogP contribution >= 0.6 is 0 Å². The van der Waals surface area contributed by atoms with Crippen molar-refractivity contribution in [2.24, 2.45) is 0 Å². The van der Waals surface area contributed by atoms with Gasteiger partial charge in [0.05, 0.1) is 6.54 Å². The van der Waals surface area contributed by atoms with Crippen molar-refractivity contribution < 1.29 is 9.84 Å². The molecule has 6 heteroatoms. The molecule has 6 nitrogen and oxygen atoms in total. The highest BCUT2D eigenvalue weighted by Crippen LogP contribution is 2.26. The maximum atomic E-state index is 10.7. The van der Waals surface area contributed by atoms with Gasteiger partial charge in [-0.15, -0.1) is 0 Å². The van der Waals surface area contributed by atoms with E-state index in [1.165, 1.54) is 0 Å². The van der Waals surface area contributed by atoms with Gasteiger partial charge in [0.1, 0.15) is 29.6 Å². The van der Waals surface area contributed by atoms with E-state index >= 15 is 0 Å². The minimum Gasteiger partial charge on any atom is -0.487 e. The lowest BCUT2D eigenvalue weighted by atomic mass is 9.89. The first-order valence-corrected chi connectivity index (χ1v) is 9.06. The van der Waals surface area contributed by atoms with Crippen LogP contribution in [-0.4, -0.2) is 44.7 Å². The summed E-state index contributed by atoms with van der Waals surface area (Å²) in [5.74, 6) is 2.58. The van der Waals surface area contributed by atoms with Crippen molar-refractivity contribution >= 4 is 0 Å². The van der Waals surface area contributed by atoms with Crippen molar-refractivity contribution in [2.45, 2.75) is 64.8 Å². The molecule has 25 heavy (non-hydrogen) atoms. The molecule has 1 aliphatic carbocycles. The lowest BCUT2D eigenvalue weighted by molar-refractivity contribution is -0.0157. The first-order valence-electron chi connectivity index (χ1n) is 9.06. The Balaban J connectivity index is 1.54. The molecule has 1 saturated carbocycles. The molecule has 0 amide bonds. The van der Waals surface area contributed by atoms with Gasteiger partial charge in [0, 0.05) is 12.6 Å². The fraction of sp³-hybridized carbons (Fsp3) is 0.579. The zero-order valence-corrected chi connectivity index (χ0v) is 15.3. The predicted molar refractivity (Wildman–Crippen MR) is 96.7 cm³/mol. The number of nitrogens with zero attached hydrogens (tertiary/aromatic N) is 3. The third kappa shape index (κ3) is 4.38. The smallest absolute Gasteiger partial charge is 0.147 e. The first-order chi connectivity index (χ1) is 12.0. The van der Waals surface area contributed by atoms with Crippen molar-refractivity contribution in [3.63, 3.8) is 0 Å². The van der Waals surface area contributed by atoms with Gasteiger partial charge in [-0.25, -0.2) is 9.67 Å². The summed E-state index contributed by atoms with van der Waals surface area (Å²) in [6.45, 7) is 7.39. The topological polar surface area (TPSA) is 72.2 Å². The van der Waals surface area contributed by atoms with Gasteiger partial charge in [0.2, 0.25) is 0 Å². The fourth-order valence-electron chi connectivity index (χ4n) is 3.47. The maximum Gasteiger partial charge on any atom is 0.147 e. The van der Waals surface area contributed by atoms with E-state index in [0.717, 1.165) is 55.3 Å². The summed E-state index contributed by atoms with van der Waals surface area (Å²) >= 11 is 0. The number of para-hydroxylation sites is 1. The molecule has 0 unspecified atom stereocenters. The summed E-state index contributed by atoms with van der Waals surface area (Å²) in [5.41, 5.74) is 1.10. The Labute approximate surface area is 149 Å². The number of ether oxygens (including phenoxy) is 1. The normalized spacial score (nSPS) is 23.6. The summed E-state index contributed by atoms with van der Waals surface area (Å²) in [5, 5.41) is 18.6. The molecule has 3 rings (SSSR count). The Morgan fingerprint density at radius 2 is 2.04 bits per heavy atom. The zero-order chi connectivity index (χ0) is 17.8. The fourth-order valence-corrected chi connectivity index (χ4v) is 3.47. The van der Waals surface area contributed by atoms with E-state index in [9.17, 15) is 5.11 Å². The van der Waals surface area contributed by atoms with Gasteiger partial charge in [-0.3, -0.25) is 0 Å². The molecule has 0 bridgehead atoms. The second kappa shape index (κ2) is 7.97. The number of nitrogens with one attached hydrogen (secondary N) is 1. The molecular formula is C19H28N4O2. The summed E-state index contributed by atoms with van der Waals surface area (Å²) in [7, 11) is 0. The van der Waals surface area contributed by atoms with E-state index in [0.29, 0.717) is 0 Å². The number of hydrogen-bond acceptors (Lipinski definition) is 5. The SMILES string of the molecule is Cc1nc(C)n(CCN[C@H]2CCC[C@@H](Oc3ccccc3C)[C@@H]2O)n1. The highest BCUT2D eigenvalue weighted by Gasteiger charge is 2.33. The van der Waals surface area contributed by atoms with Crippen LogP contribution in [0.25, 0.3) is 0 Å². The summed E-state index contributed by atoms with van der Waals surface area (Å²) in [6.07, 6.45) is 2.22. The van der Waals surface area contributed by atoms with Gasteiger partial charge >= 0.3 is 0 Å². The maximum absolute atomic E-state index is 10.7. The van der Waals surface area contributed by atoms with E-state index < -0.39 is 6.10 Å². The Bertz CT molecular complexity index is 700. The highest BCUT2D eigenvalue weighted by atomic mass is 16.5. The Morgan fingerprint density at radius 1 is 1.24 bits per heavy atom. The number of aliphatic hydroxyl groups is 1. The van der Waals surface area contributed by atoms with Gasteiger partial charge in [-0.05, 0) is 51.7 Å². The summed E-state index contributed by atoms with van der Waals surface area (Å²) in [4.78, 5) is 4.31. The van der Waals surface area contributed by atoms with Crippen LogP contribution in [0, 0.1) is 20.8 Å². The zero-order valence-electron chi connectivity index (χ0n) is 15.3. The molecule has 3 atom stereocenters. The Kier molecular flexibility index (Phi) is 5.71. The van der Waals surface area contributed by atoms with Gasteiger partial charge in [-0.2, -0.15) is 5.10 Å². The minimum absolute atomic E-state index is 0.0488. The third-order valence-electron chi connectivity index (χ3n) is 4.86. The lowest BCUT2D eigenvalue weighted by Gasteiger charge is -2.35. The molecule has 136 valence electrons. The number of benzene rings is 1. The quantitative estimate of drug-likeness (QED) is 0.840. The van der Waals surface area contributed by atoms with E-state index in [1.807, 2.05) is 49.7 Å². The molecular weight excluding hydrogens is 316 g/mol. The van der Waals surface area contributed by atoms with Crippen LogP contribution in [0.5, 0.6) is 5.75 Å². The monoisotopic (exact) mass is 344 g/mol. The van der Waals surface area contributed by atoms with Crippen LogP contribution in [0.2, 0.25) is 0 Å². The van der Waals surface area contributed by atoms with Crippen molar-refractivity contribution in [1.29, 1.82) is 0 Å². The average molecular weight is 344 g/mol. The standard InChI is InChI=1S/C19H28N4O2/c1-13-7-4-5-9-17(13)25-18-10-6-8-16(19(18)24)20-11-12-23-15(3)21-14(2)22-23/h4-5,7,9,16,18-20,24H,6,8,10-12H2,1-3H3/t16-,18+,19+/m0/s1. The molecule has 1 fully saturated rings. The summed E-state index contributed by atoms with van der Waals surface area (Å²) in [6, 6.07) is 8.01. The van der Waals surface area contributed by atoms with Crippen LogP contribution in [0.15, 0.2) is 24.3 Å². The highest BCUT2D eigenvalue weighted by molar-refractivity contribution is 5.32. The molecule has 0 aliphatic heterocycles. The number of aliphatic hydroxyl groups excluding tert-OH is 1. The second-order valence-electron chi connectivity index (χ2n) is 6.83. The molecule has 0 spiro atoms. The first kappa shape index (κ1) is 17.9. The molecule has 2 N–H and O–H groups in total. The molecule has 1 aromatic heterocycles. The average Bonchev–Trinajstić information content (AvgIpc) is 2.90. The third-order valence-corrected chi connectivity index (χ3v) is 4.86. The van der Waals surface area contributed by atoms with E-state index in [4.69, 9.17) is 4.74 Å². The van der Waals surface area contributed by atoms with Gasteiger partial charge in [-0.1, -0.05) is 18.2 Å². The lowest BCUT2D eigenvalue weighted by Crippen LogP contribution is -2.51. The van der Waals surface area contributed by atoms with Crippen LogP contribution in [0.1, 0.15) is 36.5 Å². The number of aryl methyl sites for hydroxylation is 3. The molecule has 2 aromatic rings. The molecule has 1 heterocycles. The molecule has 1 aliphatic rings. The second-order valence-corrected chi connectivity index (χ2v) is 6.83. The number of aromatic nitrogens is 3. The van der Waals surface area contributed by atoms with Crippen LogP contribution in [0.3, 0.4) is 0 Å².